The van der Waals surface area contributed by atoms with Gasteiger partial charge in [-0.2, -0.15) is 5.26 Å². The minimum Gasteiger partial charge on any atom is -0.480 e. The van der Waals surface area contributed by atoms with Crippen molar-refractivity contribution >= 4 is 5.97 Å². The molecule has 0 fully saturated rings. The van der Waals surface area contributed by atoms with Crippen molar-refractivity contribution in [1.82, 2.24) is 4.90 Å². The van der Waals surface area contributed by atoms with Gasteiger partial charge in [0.15, 0.2) is 0 Å². The largest absolute Gasteiger partial charge is 0.480 e. The van der Waals surface area contributed by atoms with Crippen molar-refractivity contribution in [3.63, 3.8) is 0 Å². The Morgan fingerprint density at radius 1 is 1.67 bits per heavy atom. The standard InChI is InChI=1S/C10H18N2O3/c1-4-12(6-8(2)5-11)9(7-15-3)10(13)14/h8-9H,4,6-7H2,1-3H3,(H,13,14). The van der Waals surface area contributed by atoms with E-state index in [9.17, 15) is 4.79 Å². The monoisotopic (exact) mass is 214 g/mol. The minimum atomic E-state index is -0.913. The molecule has 86 valence electrons. The molecular weight excluding hydrogens is 196 g/mol. The second kappa shape index (κ2) is 7.21. The lowest BCUT2D eigenvalue weighted by atomic mass is 10.1. The molecule has 1 N–H and O–H groups in total. The Morgan fingerprint density at radius 2 is 2.27 bits per heavy atom. The number of carbonyl (C=O) groups is 1. The van der Waals surface area contributed by atoms with Gasteiger partial charge in [-0.25, -0.2) is 0 Å². The van der Waals surface area contributed by atoms with Crippen molar-refractivity contribution < 1.29 is 14.6 Å². The van der Waals surface area contributed by atoms with E-state index in [1.165, 1.54) is 7.11 Å². The molecule has 0 aromatic rings. The van der Waals surface area contributed by atoms with Crippen molar-refractivity contribution in [3.8, 4) is 6.07 Å². The summed E-state index contributed by atoms with van der Waals surface area (Å²) in [5, 5.41) is 17.7. The van der Waals surface area contributed by atoms with Crippen LogP contribution in [0.1, 0.15) is 13.8 Å². The second-order valence-corrected chi connectivity index (χ2v) is 3.43. The van der Waals surface area contributed by atoms with Crippen molar-refractivity contribution in [2.75, 3.05) is 26.8 Å². The Labute approximate surface area is 90.2 Å². The van der Waals surface area contributed by atoms with Gasteiger partial charge in [-0.05, 0) is 13.5 Å². The fourth-order valence-electron chi connectivity index (χ4n) is 1.36. The van der Waals surface area contributed by atoms with Crippen LogP contribution in [0.5, 0.6) is 0 Å². The highest BCUT2D eigenvalue weighted by Gasteiger charge is 2.25. The second-order valence-electron chi connectivity index (χ2n) is 3.43. The van der Waals surface area contributed by atoms with Gasteiger partial charge in [-0.15, -0.1) is 0 Å². The van der Waals surface area contributed by atoms with E-state index in [-0.39, 0.29) is 12.5 Å². The number of carboxylic acid groups (broad SMARTS) is 1. The van der Waals surface area contributed by atoms with E-state index in [0.717, 1.165) is 0 Å². The predicted octanol–water partition coefficient (Wildman–Crippen LogP) is 0.568. The first kappa shape index (κ1) is 13.9. The van der Waals surface area contributed by atoms with Crippen molar-refractivity contribution in [2.45, 2.75) is 19.9 Å². The first-order valence-electron chi connectivity index (χ1n) is 4.92. The van der Waals surface area contributed by atoms with Gasteiger partial charge in [0.2, 0.25) is 0 Å². The third-order valence-corrected chi connectivity index (χ3v) is 2.19. The van der Waals surface area contributed by atoms with E-state index in [0.29, 0.717) is 13.1 Å². The summed E-state index contributed by atoms with van der Waals surface area (Å²) in [4.78, 5) is 12.7. The molecule has 2 atom stereocenters. The van der Waals surface area contributed by atoms with Gasteiger partial charge in [0.1, 0.15) is 6.04 Å². The van der Waals surface area contributed by atoms with Crippen LogP contribution in [0, 0.1) is 17.2 Å². The zero-order valence-electron chi connectivity index (χ0n) is 9.43. The van der Waals surface area contributed by atoms with Crippen molar-refractivity contribution in [1.29, 1.82) is 5.26 Å². The van der Waals surface area contributed by atoms with E-state index in [4.69, 9.17) is 15.1 Å². The van der Waals surface area contributed by atoms with Crippen molar-refractivity contribution in [2.24, 2.45) is 5.92 Å². The summed E-state index contributed by atoms with van der Waals surface area (Å²) in [6, 6.07) is 1.42. The fraction of sp³-hybridized carbons (Fsp3) is 0.800. The third-order valence-electron chi connectivity index (χ3n) is 2.19. The molecule has 0 heterocycles. The quantitative estimate of drug-likeness (QED) is 0.670. The molecule has 0 rings (SSSR count). The highest BCUT2D eigenvalue weighted by molar-refractivity contribution is 5.73. The highest BCUT2D eigenvalue weighted by Crippen LogP contribution is 2.05. The summed E-state index contributed by atoms with van der Waals surface area (Å²) in [7, 11) is 1.47. The normalized spacial score (nSPS) is 14.6. The van der Waals surface area contributed by atoms with Gasteiger partial charge in [0.25, 0.3) is 0 Å². The van der Waals surface area contributed by atoms with Crippen LogP contribution in [-0.2, 0) is 9.53 Å². The number of methoxy groups -OCH3 is 1. The number of nitrogens with zero attached hydrogens (tertiary/aromatic N) is 2. The molecule has 0 aliphatic heterocycles. The van der Waals surface area contributed by atoms with Crippen LogP contribution < -0.4 is 0 Å². The molecule has 0 aliphatic carbocycles. The van der Waals surface area contributed by atoms with Crippen LogP contribution in [0.3, 0.4) is 0 Å². The van der Waals surface area contributed by atoms with E-state index in [2.05, 4.69) is 6.07 Å². The van der Waals surface area contributed by atoms with Crippen LogP contribution in [0.4, 0.5) is 0 Å². The number of likely N-dealkylation sites (N-methyl/N-ethyl adjacent to an activating group) is 1. The van der Waals surface area contributed by atoms with E-state index >= 15 is 0 Å². The zero-order valence-corrected chi connectivity index (χ0v) is 9.43. The number of nitriles is 1. The van der Waals surface area contributed by atoms with Gasteiger partial charge >= 0.3 is 5.97 Å². The summed E-state index contributed by atoms with van der Waals surface area (Å²) in [5.74, 6) is -1.09. The Morgan fingerprint density at radius 3 is 2.60 bits per heavy atom. The lowest BCUT2D eigenvalue weighted by molar-refractivity contribution is -0.145. The molecule has 15 heavy (non-hydrogen) atoms. The zero-order chi connectivity index (χ0) is 11.8. The molecule has 5 heteroatoms. The van der Waals surface area contributed by atoms with Gasteiger partial charge in [-0.3, -0.25) is 9.69 Å². The fourth-order valence-corrected chi connectivity index (χ4v) is 1.36. The third kappa shape index (κ3) is 4.77. The molecule has 0 saturated heterocycles. The number of hydrogen-bond acceptors (Lipinski definition) is 4. The number of hydrogen-bond donors (Lipinski definition) is 1. The lowest BCUT2D eigenvalue weighted by Crippen LogP contribution is -2.45. The Kier molecular flexibility index (Phi) is 6.67. The van der Waals surface area contributed by atoms with Crippen LogP contribution >= 0.6 is 0 Å². The van der Waals surface area contributed by atoms with Gasteiger partial charge < -0.3 is 9.84 Å². The molecule has 0 aliphatic rings. The van der Waals surface area contributed by atoms with E-state index in [1.807, 2.05) is 6.92 Å². The summed E-state index contributed by atoms with van der Waals surface area (Å²) in [6.07, 6.45) is 0. The molecule has 0 amide bonds. The van der Waals surface area contributed by atoms with Crippen LogP contribution in [0.2, 0.25) is 0 Å². The molecule has 5 nitrogen and oxygen atoms in total. The molecule has 2 unspecified atom stereocenters. The molecule has 0 bridgehead atoms. The van der Waals surface area contributed by atoms with Crippen LogP contribution in [-0.4, -0.2) is 48.8 Å². The predicted molar refractivity (Wildman–Crippen MR) is 55.3 cm³/mol. The van der Waals surface area contributed by atoms with Gasteiger partial charge in [0.05, 0.1) is 18.6 Å². The Balaban J connectivity index is 4.45. The molecule has 0 spiro atoms. The summed E-state index contributed by atoms with van der Waals surface area (Å²) in [6.45, 7) is 4.82. The maximum Gasteiger partial charge on any atom is 0.323 e. The average Bonchev–Trinajstić information content (AvgIpc) is 2.22. The highest BCUT2D eigenvalue weighted by atomic mass is 16.5. The van der Waals surface area contributed by atoms with Crippen molar-refractivity contribution in [3.05, 3.63) is 0 Å². The first-order valence-corrected chi connectivity index (χ1v) is 4.92. The SMILES string of the molecule is CCN(CC(C)C#N)C(COC)C(=O)O. The molecular formula is C10H18N2O3. The number of aliphatic carboxylic acids is 1. The molecule has 0 aromatic heterocycles. The van der Waals surface area contributed by atoms with E-state index < -0.39 is 12.0 Å². The number of carboxylic acids is 1. The maximum absolute atomic E-state index is 11.0. The van der Waals surface area contributed by atoms with Crippen LogP contribution in [0.15, 0.2) is 0 Å². The Bertz CT molecular complexity index is 237. The summed E-state index contributed by atoms with van der Waals surface area (Å²) >= 11 is 0. The molecule has 0 radical (unpaired) electrons. The summed E-state index contributed by atoms with van der Waals surface area (Å²) in [5.41, 5.74) is 0. The minimum absolute atomic E-state index is 0.140. The van der Waals surface area contributed by atoms with E-state index in [1.54, 1.807) is 11.8 Å². The first-order chi connectivity index (χ1) is 7.06. The maximum atomic E-state index is 11.0. The average molecular weight is 214 g/mol. The topological polar surface area (TPSA) is 73.6 Å². The van der Waals surface area contributed by atoms with Gasteiger partial charge in [-0.1, -0.05) is 6.92 Å². The smallest absolute Gasteiger partial charge is 0.323 e. The summed E-state index contributed by atoms with van der Waals surface area (Å²) < 4.78 is 4.86. The lowest BCUT2D eigenvalue weighted by Gasteiger charge is -2.27. The number of rotatable bonds is 7. The number of ether oxygens (including phenoxy) is 1. The van der Waals surface area contributed by atoms with Crippen LogP contribution in [0.25, 0.3) is 0 Å². The molecule has 0 saturated carbocycles. The molecule has 0 aromatic carbocycles. The Hall–Kier alpha value is -1.12. The van der Waals surface area contributed by atoms with Gasteiger partial charge in [0, 0.05) is 13.7 Å².